The average Bonchev–Trinajstić information content (AvgIpc) is 3.07. The van der Waals surface area contributed by atoms with E-state index in [-0.39, 0.29) is 24.7 Å². The maximum absolute atomic E-state index is 11.8. The second-order valence-electron chi connectivity index (χ2n) is 4.50. The SMILES string of the molecule is CCO[C@H]1COC[C@@H]1NC(=O)/C=C/c1cc(CO)cs1. The molecule has 0 radical (unpaired) electrons. The third-order valence-electron chi connectivity index (χ3n) is 2.99. The quantitative estimate of drug-likeness (QED) is 0.774. The molecule has 2 heterocycles. The molecule has 2 N–H and O–H groups in total. The lowest BCUT2D eigenvalue weighted by atomic mass is 10.2. The molecule has 1 fully saturated rings. The van der Waals surface area contributed by atoms with Crippen LogP contribution in [0.4, 0.5) is 0 Å². The first-order valence-electron chi connectivity index (χ1n) is 6.59. The summed E-state index contributed by atoms with van der Waals surface area (Å²) in [4.78, 5) is 12.8. The van der Waals surface area contributed by atoms with Crippen molar-refractivity contribution in [3.8, 4) is 0 Å². The van der Waals surface area contributed by atoms with Crippen molar-refractivity contribution in [3.05, 3.63) is 28.0 Å². The molecular weight excluding hydrogens is 278 g/mol. The van der Waals surface area contributed by atoms with E-state index in [1.54, 1.807) is 6.08 Å². The zero-order valence-corrected chi connectivity index (χ0v) is 12.2. The molecule has 0 saturated carbocycles. The molecule has 1 aromatic heterocycles. The van der Waals surface area contributed by atoms with Crippen LogP contribution in [0.1, 0.15) is 17.4 Å². The van der Waals surface area contributed by atoms with Gasteiger partial charge in [0.2, 0.25) is 5.91 Å². The normalized spacial score (nSPS) is 22.5. The van der Waals surface area contributed by atoms with E-state index < -0.39 is 0 Å². The summed E-state index contributed by atoms with van der Waals surface area (Å²) in [5, 5.41) is 13.7. The summed E-state index contributed by atoms with van der Waals surface area (Å²) in [7, 11) is 0. The Labute approximate surface area is 122 Å². The number of hydrogen-bond donors (Lipinski definition) is 2. The largest absolute Gasteiger partial charge is 0.392 e. The van der Waals surface area contributed by atoms with Gasteiger partial charge in [0.15, 0.2) is 0 Å². The van der Waals surface area contributed by atoms with E-state index in [1.807, 2.05) is 18.4 Å². The van der Waals surface area contributed by atoms with Gasteiger partial charge in [-0.2, -0.15) is 0 Å². The molecule has 0 spiro atoms. The van der Waals surface area contributed by atoms with E-state index >= 15 is 0 Å². The Morgan fingerprint density at radius 2 is 2.50 bits per heavy atom. The first-order chi connectivity index (χ1) is 9.72. The second kappa shape index (κ2) is 7.54. The van der Waals surface area contributed by atoms with Gasteiger partial charge >= 0.3 is 0 Å². The predicted octanol–water partition coefficient (Wildman–Crippen LogP) is 1.17. The highest BCUT2D eigenvalue weighted by molar-refractivity contribution is 7.11. The number of amides is 1. The third kappa shape index (κ3) is 4.14. The molecule has 1 aliphatic heterocycles. The first-order valence-corrected chi connectivity index (χ1v) is 7.47. The average molecular weight is 297 g/mol. The number of thiophene rings is 1. The number of ether oxygens (including phenoxy) is 2. The maximum atomic E-state index is 11.8. The fourth-order valence-electron chi connectivity index (χ4n) is 2.00. The first kappa shape index (κ1) is 15.2. The van der Waals surface area contributed by atoms with Crippen LogP contribution in [0.2, 0.25) is 0 Å². The minimum Gasteiger partial charge on any atom is -0.392 e. The van der Waals surface area contributed by atoms with E-state index in [2.05, 4.69) is 5.32 Å². The van der Waals surface area contributed by atoms with Gasteiger partial charge < -0.3 is 19.9 Å². The van der Waals surface area contributed by atoms with Crippen LogP contribution in [0.3, 0.4) is 0 Å². The number of aliphatic hydroxyl groups is 1. The Morgan fingerprint density at radius 3 is 3.20 bits per heavy atom. The monoisotopic (exact) mass is 297 g/mol. The zero-order valence-electron chi connectivity index (χ0n) is 11.4. The molecule has 110 valence electrons. The molecule has 1 aliphatic rings. The molecule has 1 aromatic rings. The summed E-state index contributed by atoms with van der Waals surface area (Å²) in [6.07, 6.45) is 3.17. The van der Waals surface area contributed by atoms with Gasteiger partial charge in [-0.15, -0.1) is 11.3 Å². The topological polar surface area (TPSA) is 67.8 Å². The van der Waals surface area contributed by atoms with Crippen molar-refractivity contribution in [3.63, 3.8) is 0 Å². The number of nitrogens with one attached hydrogen (secondary N) is 1. The van der Waals surface area contributed by atoms with Crippen molar-refractivity contribution in [2.75, 3.05) is 19.8 Å². The van der Waals surface area contributed by atoms with Crippen LogP contribution in [0, 0.1) is 0 Å². The van der Waals surface area contributed by atoms with Crippen molar-refractivity contribution in [1.82, 2.24) is 5.32 Å². The van der Waals surface area contributed by atoms with Crippen molar-refractivity contribution < 1.29 is 19.4 Å². The molecular formula is C14H19NO4S. The van der Waals surface area contributed by atoms with Crippen LogP contribution in [0.5, 0.6) is 0 Å². The molecule has 0 unspecified atom stereocenters. The van der Waals surface area contributed by atoms with Gasteiger partial charge in [-0.25, -0.2) is 0 Å². The van der Waals surface area contributed by atoms with Gasteiger partial charge in [0.1, 0.15) is 6.10 Å². The molecule has 6 heteroatoms. The van der Waals surface area contributed by atoms with Gasteiger partial charge in [-0.05, 0) is 30.0 Å². The summed E-state index contributed by atoms with van der Waals surface area (Å²) in [6, 6.07) is 1.76. The highest BCUT2D eigenvalue weighted by Crippen LogP contribution is 2.16. The van der Waals surface area contributed by atoms with E-state index in [1.165, 1.54) is 17.4 Å². The molecule has 20 heavy (non-hydrogen) atoms. The fraction of sp³-hybridized carbons (Fsp3) is 0.500. The van der Waals surface area contributed by atoms with Gasteiger partial charge in [0.25, 0.3) is 0 Å². The van der Waals surface area contributed by atoms with Crippen LogP contribution in [0.15, 0.2) is 17.5 Å². The lowest BCUT2D eigenvalue weighted by molar-refractivity contribution is -0.117. The van der Waals surface area contributed by atoms with Crippen LogP contribution in [-0.4, -0.2) is 43.0 Å². The maximum Gasteiger partial charge on any atom is 0.244 e. The number of carbonyl (C=O) groups is 1. The van der Waals surface area contributed by atoms with Gasteiger partial charge in [0.05, 0.1) is 25.9 Å². The van der Waals surface area contributed by atoms with Crippen LogP contribution >= 0.6 is 11.3 Å². The van der Waals surface area contributed by atoms with Gasteiger partial charge in [0, 0.05) is 17.6 Å². The molecule has 0 bridgehead atoms. The number of hydrogen-bond acceptors (Lipinski definition) is 5. The number of carbonyl (C=O) groups excluding carboxylic acids is 1. The van der Waals surface area contributed by atoms with E-state index in [9.17, 15) is 4.79 Å². The molecule has 2 rings (SSSR count). The summed E-state index contributed by atoms with van der Waals surface area (Å²) >= 11 is 1.49. The standard InChI is InChI=1S/C14H19NO4S/c1-2-19-13-8-18-7-12(13)15-14(17)4-3-11-5-10(6-16)9-20-11/h3-5,9,12-13,16H,2,6-8H2,1H3,(H,15,17)/b4-3+/t12-,13-/m0/s1. The highest BCUT2D eigenvalue weighted by atomic mass is 32.1. The Kier molecular flexibility index (Phi) is 5.72. The fourth-order valence-corrected chi connectivity index (χ4v) is 2.80. The van der Waals surface area contributed by atoms with Gasteiger partial charge in [-0.3, -0.25) is 4.79 Å². The highest BCUT2D eigenvalue weighted by Gasteiger charge is 2.29. The summed E-state index contributed by atoms with van der Waals surface area (Å²) < 4.78 is 10.8. The minimum absolute atomic E-state index is 0.0198. The Bertz CT molecular complexity index is 471. The summed E-state index contributed by atoms with van der Waals surface area (Å²) in [5.41, 5.74) is 0.857. The van der Waals surface area contributed by atoms with Gasteiger partial charge in [-0.1, -0.05) is 0 Å². The van der Waals surface area contributed by atoms with E-state index in [0.29, 0.717) is 19.8 Å². The van der Waals surface area contributed by atoms with E-state index in [4.69, 9.17) is 14.6 Å². The minimum atomic E-state index is -0.163. The smallest absolute Gasteiger partial charge is 0.244 e. The van der Waals surface area contributed by atoms with Crippen molar-refractivity contribution in [2.45, 2.75) is 25.7 Å². The Balaban J connectivity index is 1.85. The molecule has 0 aromatic carbocycles. The Morgan fingerprint density at radius 1 is 1.65 bits per heavy atom. The lowest BCUT2D eigenvalue weighted by Gasteiger charge is -2.17. The second-order valence-corrected chi connectivity index (χ2v) is 5.44. The molecule has 1 amide bonds. The molecule has 0 aliphatic carbocycles. The lowest BCUT2D eigenvalue weighted by Crippen LogP contribution is -2.43. The van der Waals surface area contributed by atoms with Crippen molar-refractivity contribution >= 4 is 23.3 Å². The molecule has 2 atom stereocenters. The van der Waals surface area contributed by atoms with Crippen molar-refractivity contribution in [2.24, 2.45) is 0 Å². The molecule has 1 saturated heterocycles. The summed E-state index contributed by atoms with van der Waals surface area (Å²) in [5.74, 6) is -0.163. The van der Waals surface area contributed by atoms with Crippen LogP contribution in [0.25, 0.3) is 6.08 Å². The third-order valence-corrected chi connectivity index (χ3v) is 3.94. The van der Waals surface area contributed by atoms with Crippen molar-refractivity contribution in [1.29, 1.82) is 0 Å². The summed E-state index contributed by atoms with van der Waals surface area (Å²) in [6.45, 7) is 3.55. The van der Waals surface area contributed by atoms with Crippen LogP contribution < -0.4 is 5.32 Å². The van der Waals surface area contributed by atoms with E-state index in [0.717, 1.165) is 10.4 Å². The Hall–Kier alpha value is -1.21. The zero-order chi connectivity index (χ0) is 14.4. The predicted molar refractivity (Wildman–Crippen MR) is 77.4 cm³/mol. The number of rotatable bonds is 6. The van der Waals surface area contributed by atoms with Crippen LogP contribution in [-0.2, 0) is 20.9 Å². The number of aliphatic hydroxyl groups excluding tert-OH is 1. The molecule has 5 nitrogen and oxygen atoms in total.